The summed E-state index contributed by atoms with van der Waals surface area (Å²) in [6.45, 7) is 3.18. The second-order valence-corrected chi connectivity index (χ2v) is 5.83. The van der Waals surface area contributed by atoms with Crippen molar-refractivity contribution in [3.8, 4) is 0 Å². The predicted molar refractivity (Wildman–Crippen MR) is 93.0 cm³/mol. The van der Waals surface area contributed by atoms with E-state index in [4.69, 9.17) is 4.74 Å². The Kier molecular flexibility index (Phi) is 6.49. The Morgan fingerprint density at radius 1 is 1.30 bits per heavy atom. The number of hydrogen-bond donors (Lipinski definition) is 2. The first-order valence-corrected chi connectivity index (χ1v) is 8.02. The third-order valence-electron chi connectivity index (χ3n) is 3.14. The molecule has 0 saturated heterocycles. The maximum atomic E-state index is 11.9. The van der Waals surface area contributed by atoms with Crippen molar-refractivity contribution in [2.24, 2.45) is 0 Å². The van der Waals surface area contributed by atoms with Crippen LogP contribution in [0.1, 0.15) is 22.5 Å². The minimum absolute atomic E-state index is 0.238. The summed E-state index contributed by atoms with van der Waals surface area (Å²) in [5, 5.41) is 5.91. The summed E-state index contributed by atoms with van der Waals surface area (Å²) in [7, 11) is 1.63. The number of hydrogen-bond acceptors (Lipinski definition) is 5. The van der Waals surface area contributed by atoms with Gasteiger partial charge in [-0.15, -0.1) is 0 Å². The molecule has 122 valence electrons. The zero-order valence-corrected chi connectivity index (χ0v) is 14.7. The highest BCUT2D eigenvalue weighted by atomic mass is 79.9. The van der Waals surface area contributed by atoms with Crippen LogP contribution in [0.2, 0.25) is 0 Å². The van der Waals surface area contributed by atoms with Crippen LogP contribution in [0.15, 0.2) is 35.1 Å². The van der Waals surface area contributed by atoms with Crippen molar-refractivity contribution >= 4 is 33.3 Å². The van der Waals surface area contributed by atoms with Gasteiger partial charge in [0.15, 0.2) is 0 Å². The maximum Gasteiger partial charge on any atom is 0.271 e. The van der Waals surface area contributed by atoms with Gasteiger partial charge in [0.1, 0.15) is 11.5 Å². The molecule has 0 aliphatic heterocycles. The van der Waals surface area contributed by atoms with Gasteiger partial charge < -0.3 is 15.4 Å². The highest BCUT2D eigenvalue weighted by molar-refractivity contribution is 9.10. The van der Waals surface area contributed by atoms with Crippen LogP contribution in [0, 0.1) is 6.92 Å². The molecule has 6 nitrogen and oxygen atoms in total. The van der Waals surface area contributed by atoms with Crippen LogP contribution in [0.3, 0.4) is 0 Å². The van der Waals surface area contributed by atoms with Gasteiger partial charge in [0.25, 0.3) is 5.91 Å². The lowest BCUT2D eigenvalue weighted by Gasteiger charge is -2.08. The Morgan fingerprint density at radius 3 is 2.78 bits per heavy atom. The predicted octanol–water partition coefficient (Wildman–Crippen LogP) is 3.06. The topological polar surface area (TPSA) is 76.1 Å². The van der Waals surface area contributed by atoms with Gasteiger partial charge in [0, 0.05) is 30.4 Å². The standard InChI is InChI=1S/C16H19BrN4O2/c1-11-4-5-12(8-13(11)17)21-15-10-19-14(9-20-15)16(22)18-6-3-7-23-2/h4-5,8-10H,3,6-7H2,1-2H3,(H,18,22)(H,20,21). The first-order chi connectivity index (χ1) is 11.1. The molecular weight excluding hydrogens is 360 g/mol. The molecule has 0 atom stereocenters. The number of nitrogens with zero attached hydrogens (tertiary/aromatic N) is 2. The number of ether oxygens (including phenoxy) is 1. The van der Waals surface area contributed by atoms with Crippen molar-refractivity contribution in [2.45, 2.75) is 13.3 Å². The van der Waals surface area contributed by atoms with E-state index in [1.165, 1.54) is 12.4 Å². The molecule has 0 radical (unpaired) electrons. The molecule has 0 fully saturated rings. The van der Waals surface area contributed by atoms with Gasteiger partial charge in [-0.2, -0.15) is 0 Å². The van der Waals surface area contributed by atoms with E-state index in [1.54, 1.807) is 7.11 Å². The van der Waals surface area contributed by atoms with E-state index in [9.17, 15) is 4.79 Å². The molecule has 0 saturated carbocycles. The Hall–Kier alpha value is -1.99. The number of carbonyl (C=O) groups excluding carboxylic acids is 1. The minimum atomic E-state index is -0.238. The average molecular weight is 379 g/mol. The van der Waals surface area contributed by atoms with Gasteiger partial charge >= 0.3 is 0 Å². The Labute approximate surface area is 143 Å². The normalized spacial score (nSPS) is 10.4. The van der Waals surface area contributed by atoms with Crippen LogP contribution in [-0.2, 0) is 4.74 Å². The van der Waals surface area contributed by atoms with Crippen LogP contribution < -0.4 is 10.6 Å². The summed E-state index contributed by atoms with van der Waals surface area (Å²) in [6.07, 6.45) is 3.76. The monoisotopic (exact) mass is 378 g/mol. The van der Waals surface area contributed by atoms with E-state index in [0.29, 0.717) is 19.0 Å². The van der Waals surface area contributed by atoms with Crippen molar-refractivity contribution < 1.29 is 9.53 Å². The first kappa shape index (κ1) is 17.4. The highest BCUT2D eigenvalue weighted by Gasteiger charge is 2.07. The largest absolute Gasteiger partial charge is 0.385 e. The lowest BCUT2D eigenvalue weighted by molar-refractivity contribution is 0.0943. The van der Waals surface area contributed by atoms with E-state index < -0.39 is 0 Å². The minimum Gasteiger partial charge on any atom is -0.385 e. The van der Waals surface area contributed by atoms with Crippen LogP contribution in [-0.4, -0.2) is 36.1 Å². The smallest absolute Gasteiger partial charge is 0.271 e. The molecule has 0 aliphatic carbocycles. The molecule has 2 N–H and O–H groups in total. The number of anilines is 2. The Bertz CT molecular complexity index is 662. The van der Waals surface area contributed by atoms with Crippen LogP contribution >= 0.6 is 15.9 Å². The lowest BCUT2D eigenvalue weighted by Crippen LogP contribution is -2.26. The second-order valence-electron chi connectivity index (χ2n) is 4.98. The van der Waals surface area contributed by atoms with Crippen molar-refractivity contribution in [3.63, 3.8) is 0 Å². The molecule has 0 unspecified atom stereocenters. The fourth-order valence-corrected chi connectivity index (χ4v) is 2.22. The third kappa shape index (κ3) is 5.30. The second kappa shape index (κ2) is 8.59. The van der Waals surface area contributed by atoms with Gasteiger partial charge in [-0.1, -0.05) is 22.0 Å². The van der Waals surface area contributed by atoms with Crippen molar-refractivity contribution in [1.82, 2.24) is 15.3 Å². The summed E-state index contributed by atoms with van der Waals surface area (Å²) in [4.78, 5) is 20.2. The summed E-state index contributed by atoms with van der Waals surface area (Å²) in [6, 6.07) is 5.92. The number of halogens is 1. The van der Waals surface area contributed by atoms with Crippen LogP contribution in [0.4, 0.5) is 11.5 Å². The van der Waals surface area contributed by atoms with Gasteiger partial charge in [-0.05, 0) is 31.0 Å². The van der Waals surface area contributed by atoms with Crippen molar-refractivity contribution in [2.75, 3.05) is 25.6 Å². The number of aromatic nitrogens is 2. The molecule has 1 aromatic heterocycles. The van der Waals surface area contributed by atoms with Gasteiger partial charge in [0.2, 0.25) is 0 Å². The molecule has 7 heteroatoms. The molecule has 2 rings (SSSR count). The molecule has 0 aliphatic rings. The fraction of sp³-hybridized carbons (Fsp3) is 0.312. The van der Waals surface area contributed by atoms with Gasteiger partial charge in [-0.3, -0.25) is 4.79 Å². The van der Waals surface area contributed by atoms with E-state index in [1.807, 2.05) is 25.1 Å². The summed E-state index contributed by atoms with van der Waals surface area (Å²) < 4.78 is 5.94. The Morgan fingerprint density at radius 2 is 2.13 bits per heavy atom. The number of nitrogens with one attached hydrogen (secondary N) is 2. The summed E-state index contributed by atoms with van der Waals surface area (Å²) >= 11 is 3.49. The molecule has 23 heavy (non-hydrogen) atoms. The van der Waals surface area contributed by atoms with E-state index in [0.717, 1.165) is 22.1 Å². The molecule has 1 heterocycles. The molecule has 0 bridgehead atoms. The van der Waals surface area contributed by atoms with E-state index >= 15 is 0 Å². The van der Waals surface area contributed by atoms with Crippen LogP contribution in [0.25, 0.3) is 0 Å². The Balaban J connectivity index is 1.93. The zero-order valence-electron chi connectivity index (χ0n) is 13.1. The van der Waals surface area contributed by atoms with Gasteiger partial charge in [-0.25, -0.2) is 9.97 Å². The zero-order chi connectivity index (χ0) is 16.7. The first-order valence-electron chi connectivity index (χ1n) is 7.22. The molecular formula is C16H19BrN4O2. The van der Waals surface area contributed by atoms with Crippen LogP contribution in [0.5, 0.6) is 0 Å². The maximum absolute atomic E-state index is 11.9. The quantitative estimate of drug-likeness (QED) is 0.724. The molecule has 2 aromatic rings. The number of rotatable bonds is 7. The van der Waals surface area contributed by atoms with E-state index in [-0.39, 0.29) is 11.6 Å². The third-order valence-corrected chi connectivity index (χ3v) is 3.99. The fourth-order valence-electron chi connectivity index (χ4n) is 1.84. The SMILES string of the molecule is COCCCNC(=O)c1cnc(Nc2ccc(C)c(Br)c2)cn1. The number of benzene rings is 1. The van der Waals surface area contributed by atoms with Gasteiger partial charge in [0.05, 0.1) is 12.4 Å². The number of aryl methyl sites for hydroxylation is 1. The average Bonchev–Trinajstić information content (AvgIpc) is 2.55. The molecule has 1 aromatic carbocycles. The number of methoxy groups -OCH3 is 1. The summed E-state index contributed by atoms with van der Waals surface area (Å²) in [5.74, 6) is 0.343. The summed E-state index contributed by atoms with van der Waals surface area (Å²) in [5.41, 5.74) is 2.34. The molecule has 0 spiro atoms. The number of amides is 1. The van der Waals surface area contributed by atoms with Crippen molar-refractivity contribution in [3.05, 3.63) is 46.3 Å². The number of carbonyl (C=O) groups is 1. The lowest BCUT2D eigenvalue weighted by atomic mass is 10.2. The van der Waals surface area contributed by atoms with Crippen molar-refractivity contribution in [1.29, 1.82) is 0 Å². The highest BCUT2D eigenvalue weighted by Crippen LogP contribution is 2.22. The molecule has 1 amide bonds. The van der Waals surface area contributed by atoms with E-state index in [2.05, 4.69) is 36.5 Å².